The predicted molar refractivity (Wildman–Crippen MR) is 89.1 cm³/mol. The molecule has 0 saturated carbocycles. The van der Waals surface area contributed by atoms with Gasteiger partial charge in [0, 0.05) is 18.1 Å². The summed E-state index contributed by atoms with van der Waals surface area (Å²) in [5.41, 5.74) is 3.18. The topological polar surface area (TPSA) is 80.9 Å². The molecule has 0 atom stereocenters. The zero-order valence-corrected chi connectivity index (χ0v) is 12.5. The molecule has 6 nitrogen and oxygen atoms in total. The fourth-order valence-electron chi connectivity index (χ4n) is 2.58. The number of fused-ring (bicyclic) bond motifs is 1. The number of aromatic carboxylic acids is 1. The second-order valence-electron chi connectivity index (χ2n) is 5.18. The van der Waals surface area contributed by atoms with Gasteiger partial charge in [0.15, 0.2) is 11.5 Å². The summed E-state index contributed by atoms with van der Waals surface area (Å²) in [4.78, 5) is 24.5. The quantitative estimate of drug-likeness (QED) is 0.628. The first-order valence-corrected chi connectivity index (χ1v) is 7.32. The third-order valence-electron chi connectivity index (χ3n) is 3.68. The first-order chi connectivity index (χ1) is 11.7. The minimum atomic E-state index is -0.958. The Balaban J connectivity index is 1.97. The molecule has 3 heterocycles. The van der Waals surface area contributed by atoms with Gasteiger partial charge in [-0.25, -0.2) is 14.8 Å². The molecule has 0 fully saturated rings. The van der Waals surface area contributed by atoms with E-state index in [1.807, 2.05) is 34.9 Å². The summed E-state index contributed by atoms with van der Waals surface area (Å²) < 4.78 is 1.88. The zero-order valence-electron chi connectivity index (χ0n) is 12.5. The van der Waals surface area contributed by atoms with Crippen LogP contribution < -0.4 is 0 Å². The minimum absolute atomic E-state index is 0.232. The molecule has 0 spiro atoms. The molecular weight excluding hydrogens is 304 g/mol. The molecule has 6 heteroatoms. The Morgan fingerprint density at radius 1 is 0.917 bits per heavy atom. The summed E-state index contributed by atoms with van der Waals surface area (Å²) in [5.74, 6) is -0.299. The highest BCUT2D eigenvalue weighted by Gasteiger charge is 2.16. The Kier molecular flexibility index (Phi) is 3.28. The lowest BCUT2D eigenvalue weighted by molar-refractivity contribution is 0.0697. The van der Waals surface area contributed by atoms with Gasteiger partial charge >= 0.3 is 5.97 Å². The SMILES string of the molecule is O=C(O)c1ccc(-n2c(-c3ccccn3)nc3cccnc32)cc1. The lowest BCUT2D eigenvalue weighted by atomic mass is 10.2. The lowest BCUT2D eigenvalue weighted by Crippen LogP contribution is -2.01. The molecule has 0 bridgehead atoms. The molecule has 4 rings (SSSR count). The average molecular weight is 316 g/mol. The number of hydrogen-bond acceptors (Lipinski definition) is 4. The summed E-state index contributed by atoms with van der Waals surface area (Å²) in [6.45, 7) is 0. The number of benzene rings is 1. The molecule has 0 aliphatic carbocycles. The largest absolute Gasteiger partial charge is 0.478 e. The molecule has 0 saturated heterocycles. The highest BCUT2D eigenvalue weighted by Crippen LogP contribution is 2.26. The first-order valence-electron chi connectivity index (χ1n) is 7.32. The van der Waals surface area contributed by atoms with E-state index < -0.39 is 5.97 Å². The van der Waals surface area contributed by atoms with Crippen LogP contribution in [0.4, 0.5) is 0 Å². The van der Waals surface area contributed by atoms with Crippen LogP contribution in [0.15, 0.2) is 67.0 Å². The van der Waals surface area contributed by atoms with E-state index in [9.17, 15) is 4.79 Å². The molecular formula is C18H12N4O2. The van der Waals surface area contributed by atoms with Crippen LogP contribution in [0.2, 0.25) is 0 Å². The van der Waals surface area contributed by atoms with Crippen LogP contribution in [0.5, 0.6) is 0 Å². The maximum atomic E-state index is 11.1. The van der Waals surface area contributed by atoms with Crippen molar-refractivity contribution < 1.29 is 9.90 Å². The van der Waals surface area contributed by atoms with Crippen LogP contribution >= 0.6 is 0 Å². The predicted octanol–water partition coefficient (Wildman–Crippen LogP) is 3.18. The number of carboxylic acids is 1. The number of carbonyl (C=O) groups is 1. The summed E-state index contributed by atoms with van der Waals surface area (Å²) in [5, 5.41) is 9.07. The summed E-state index contributed by atoms with van der Waals surface area (Å²) in [6.07, 6.45) is 3.41. The van der Waals surface area contributed by atoms with Crippen LogP contribution in [0.25, 0.3) is 28.4 Å². The van der Waals surface area contributed by atoms with E-state index in [-0.39, 0.29) is 5.56 Å². The van der Waals surface area contributed by atoms with Gasteiger partial charge in [-0.15, -0.1) is 0 Å². The summed E-state index contributed by atoms with van der Waals surface area (Å²) in [6, 6.07) is 15.9. The van der Waals surface area contributed by atoms with Crippen molar-refractivity contribution in [1.29, 1.82) is 0 Å². The highest BCUT2D eigenvalue weighted by atomic mass is 16.4. The van der Waals surface area contributed by atoms with E-state index >= 15 is 0 Å². The van der Waals surface area contributed by atoms with Crippen molar-refractivity contribution in [1.82, 2.24) is 19.5 Å². The smallest absolute Gasteiger partial charge is 0.335 e. The van der Waals surface area contributed by atoms with E-state index in [4.69, 9.17) is 5.11 Å². The molecule has 116 valence electrons. The van der Waals surface area contributed by atoms with Crippen molar-refractivity contribution in [2.75, 3.05) is 0 Å². The molecule has 0 aliphatic heterocycles. The van der Waals surface area contributed by atoms with Crippen LogP contribution in [-0.2, 0) is 0 Å². The molecule has 1 aromatic carbocycles. The van der Waals surface area contributed by atoms with Gasteiger partial charge < -0.3 is 5.11 Å². The minimum Gasteiger partial charge on any atom is -0.478 e. The number of imidazole rings is 1. The fourth-order valence-corrected chi connectivity index (χ4v) is 2.58. The highest BCUT2D eigenvalue weighted by molar-refractivity contribution is 5.88. The maximum Gasteiger partial charge on any atom is 0.335 e. The molecule has 1 N–H and O–H groups in total. The number of pyridine rings is 2. The standard InChI is InChI=1S/C18H12N4O2/c23-18(24)12-6-8-13(9-7-12)22-16-15(5-3-11-20-16)21-17(22)14-4-1-2-10-19-14/h1-11H,(H,23,24). The van der Waals surface area contributed by atoms with Crippen molar-refractivity contribution in [3.8, 4) is 17.2 Å². The molecule has 0 amide bonds. The second-order valence-corrected chi connectivity index (χ2v) is 5.18. The molecule has 0 aliphatic rings. The fraction of sp³-hybridized carbons (Fsp3) is 0. The van der Waals surface area contributed by atoms with Crippen molar-refractivity contribution >= 4 is 17.1 Å². The van der Waals surface area contributed by atoms with Gasteiger partial charge in [0.2, 0.25) is 0 Å². The lowest BCUT2D eigenvalue weighted by Gasteiger charge is -2.08. The number of nitrogens with zero attached hydrogens (tertiary/aromatic N) is 4. The Bertz CT molecular complexity index is 1020. The number of rotatable bonds is 3. The van der Waals surface area contributed by atoms with E-state index in [0.717, 1.165) is 16.9 Å². The van der Waals surface area contributed by atoms with E-state index in [2.05, 4.69) is 15.0 Å². The van der Waals surface area contributed by atoms with Crippen molar-refractivity contribution in [3.05, 3.63) is 72.6 Å². The van der Waals surface area contributed by atoms with E-state index in [0.29, 0.717) is 11.5 Å². The van der Waals surface area contributed by atoms with Crippen LogP contribution in [-0.4, -0.2) is 30.6 Å². The number of hydrogen-bond donors (Lipinski definition) is 1. The van der Waals surface area contributed by atoms with Crippen LogP contribution in [0, 0.1) is 0 Å². The Hall–Kier alpha value is -3.54. The van der Waals surface area contributed by atoms with Gasteiger partial charge in [0.05, 0.1) is 5.56 Å². The number of carboxylic acid groups (broad SMARTS) is 1. The Labute approximate surface area is 137 Å². The summed E-state index contributed by atoms with van der Waals surface area (Å²) >= 11 is 0. The Morgan fingerprint density at radius 3 is 2.42 bits per heavy atom. The Morgan fingerprint density at radius 2 is 1.71 bits per heavy atom. The van der Waals surface area contributed by atoms with E-state index in [1.54, 1.807) is 36.7 Å². The first kappa shape index (κ1) is 14.1. The molecule has 0 radical (unpaired) electrons. The monoisotopic (exact) mass is 316 g/mol. The van der Waals surface area contributed by atoms with Crippen molar-refractivity contribution in [2.24, 2.45) is 0 Å². The summed E-state index contributed by atoms with van der Waals surface area (Å²) in [7, 11) is 0. The van der Waals surface area contributed by atoms with Gasteiger partial charge in [-0.1, -0.05) is 6.07 Å². The van der Waals surface area contributed by atoms with Crippen LogP contribution in [0.1, 0.15) is 10.4 Å². The normalized spacial score (nSPS) is 10.8. The number of aromatic nitrogens is 4. The van der Waals surface area contributed by atoms with Crippen LogP contribution in [0.3, 0.4) is 0 Å². The van der Waals surface area contributed by atoms with Gasteiger partial charge in [-0.2, -0.15) is 0 Å². The molecule has 4 aromatic rings. The van der Waals surface area contributed by atoms with Gasteiger partial charge in [0.25, 0.3) is 0 Å². The second kappa shape index (κ2) is 5.58. The zero-order chi connectivity index (χ0) is 16.5. The molecule has 0 unspecified atom stereocenters. The van der Waals surface area contributed by atoms with Gasteiger partial charge in [-0.3, -0.25) is 9.55 Å². The third-order valence-corrected chi connectivity index (χ3v) is 3.68. The van der Waals surface area contributed by atoms with Gasteiger partial charge in [0.1, 0.15) is 11.2 Å². The molecule has 24 heavy (non-hydrogen) atoms. The van der Waals surface area contributed by atoms with E-state index in [1.165, 1.54) is 0 Å². The average Bonchev–Trinajstić information content (AvgIpc) is 3.02. The third kappa shape index (κ3) is 2.30. The van der Waals surface area contributed by atoms with Crippen molar-refractivity contribution in [3.63, 3.8) is 0 Å². The van der Waals surface area contributed by atoms with Crippen molar-refractivity contribution in [2.45, 2.75) is 0 Å². The maximum absolute atomic E-state index is 11.1. The molecule has 3 aromatic heterocycles. The van der Waals surface area contributed by atoms with Gasteiger partial charge in [-0.05, 0) is 48.5 Å².